The Hall–Kier alpha value is -1.49. The second-order valence-corrected chi connectivity index (χ2v) is 5.20. The van der Waals surface area contributed by atoms with Crippen molar-refractivity contribution in [1.29, 1.82) is 0 Å². The van der Waals surface area contributed by atoms with E-state index in [9.17, 15) is 4.79 Å². The number of carboxylic acids is 1. The number of carbonyl (C=O) groups is 1. The van der Waals surface area contributed by atoms with E-state index < -0.39 is 5.97 Å². The number of aryl methyl sites for hydroxylation is 1. The second kappa shape index (κ2) is 9.42. The molecule has 0 fully saturated rings. The van der Waals surface area contributed by atoms with Gasteiger partial charge in [0.1, 0.15) is 5.82 Å². The summed E-state index contributed by atoms with van der Waals surface area (Å²) in [4.78, 5) is 19.3. The first-order valence-electron chi connectivity index (χ1n) is 7.34. The lowest BCUT2D eigenvalue weighted by molar-refractivity contribution is -0.137. The Labute approximate surface area is 120 Å². The summed E-state index contributed by atoms with van der Waals surface area (Å²) in [6.45, 7) is 2.58. The predicted octanol–water partition coefficient (Wildman–Crippen LogP) is 2.64. The summed E-state index contributed by atoms with van der Waals surface area (Å²) in [6.07, 6.45) is 10.1. The molecule has 0 saturated heterocycles. The zero-order valence-electron chi connectivity index (χ0n) is 12.2. The molecule has 0 aliphatic heterocycles. The number of hydrogen-bond acceptors (Lipinski definition) is 4. The topological polar surface area (TPSA) is 89.1 Å². The lowest BCUT2D eigenvalue weighted by Gasteiger charge is -2.14. The van der Waals surface area contributed by atoms with Crippen molar-refractivity contribution in [3.63, 3.8) is 0 Å². The molecule has 3 N–H and O–H groups in total. The van der Waals surface area contributed by atoms with Gasteiger partial charge in [-0.3, -0.25) is 4.79 Å². The zero-order chi connectivity index (χ0) is 14.8. The van der Waals surface area contributed by atoms with Gasteiger partial charge < -0.3 is 10.8 Å². The number of unbranched alkanes of at least 4 members (excludes halogenated alkanes) is 4. The summed E-state index contributed by atoms with van der Waals surface area (Å²) in [7, 11) is 0. The standard InChI is InChI=1S/C15H25N3O2/c1-12-17-10-14(11-18-12)13(9-15(19)20)7-5-3-2-4-6-8-16/h10-11,13H,2-9,16H2,1H3,(H,19,20). The van der Waals surface area contributed by atoms with Gasteiger partial charge in [0.05, 0.1) is 6.42 Å². The fourth-order valence-electron chi connectivity index (χ4n) is 2.28. The zero-order valence-corrected chi connectivity index (χ0v) is 12.2. The van der Waals surface area contributed by atoms with Gasteiger partial charge in [0.15, 0.2) is 0 Å². The van der Waals surface area contributed by atoms with Crippen LogP contribution in [-0.2, 0) is 4.79 Å². The number of rotatable bonds is 10. The molecule has 0 amide bonds. The lowest BCUT2D eigenvalue weighted by Crippen LogP contribution is -2.08. The smallest absolute Gasteiger partial charge is 0.303 e. The van der Waals surface area contributed by atoms with E-state index in [4.69, 9.17) is 10.8 Å². The van der Waals surface area contributed by atoms with Gasteiger partial charge in [0.25, 0.3) is 0 Å². The van der Waals surface area contributed by atoms with E-state index in [0.717, 1.165) is 44.2 Å². The first kappa shape index (κ1) is 16.6. The summed E-state index contributed by atoms with van der Waals surface area (Å²) in [5, 5.41) is 9.02. The van der Waals surface area contributed by atoms with E-state index in [1.54, 1.807) is 12.4 Å². The normalized spacial score (nSPS) is 12.3. The van der Waals surface area contributed by atoms with Crippen molar-refractivity contribution in [2.45, 2.75) is 57.8 Å². The van der Waals surface area contributed by atoms with Crippen molar-refractivity contribution in [2.24, 2.45) is 5.73 Å². The van der Waals surface area contributed by atoms with Crippen LogP contribution in [0.5, 0.6) is 0 Å². The molecule has 0 aromatic carbocycles. The fourth-order valence-corrected chi connectivity index (χ4v) is 2.28. The largest absolute Gasteiger partial charge is 0.481 e. The molecule has 0 bridgehead atoms. The van der Waals surface area contributed by atoms with Crippen LogP contribution in [-0.4, -0.2) is 27.6 Å². The molecule has 5 nitrogen and oxygen atoms in total. The third-order valence-corrected chi connectivity index (χ3v) is 3.45. The Balaban J connectivity index is 2.44. The molecule has 1 atom stereocenters. The molecule has 0 aliphatic carbocycles. The van der Waals surface area contributed by atoms with Crippen LogP contribution in [0.2, 0.25) is 0 Å². The molecule has 1 aromatic heterocycles. The Morgan fingerprint density at radius 3 is 2.40 bits per heavy atom. The van der Waals surface area contributed by atoms with Crippen LogP contribution in [0.25, 0.3) is 0 Å². The highest BCUT2D eigenvalue weighted by molar-refractivity contribution is 5.67. The summed E-state index contributed by atoms with van der Waals surface area (Å²) in [5.74, 6) is -0.0362. The number of aliphatic carboxylic acids is 1. The van der Waals surface area contributed by atoms with Gasteiger partial charge in [0.2, 0.25) is 0 Å². The summed E-state index contributed by atoms with van der Waals surface area (Å²) in [5.41, 5.74) is 6.39. The van der Waals surface area contributed by atoms with E-state index in [2.05, 4.69) is 9.97 Å². The fraction of sp³-hybridized carbons (Fsp3) is 0.667. The van der Waals surface area contributed by atoms with E-state index in [-0.39, 0.29) is 12.3 Å². The minimum Gasteiger partial charge on any atom is -0.481 e. The van der Waals surface area contributed by atoms with Gasteiger partial charge in [-0.1, -0.05) is 25.7 Å². The van der Waals surface area contributed by atoms with Crippen LogP contribution >= 0.6 is 0 Å². The average Bonchev–Trinajstić information content (AvgIpc) is 2.42. The summed E-state index contributed by atoms with van der Waals surface area (Å²) >= 11 is 0. The van der Waals surface area contributed by atoms with E-state index in [1.807, 2.05) is 6.92 Å². The van der Waals surface area contributed by atoms with Crippen LogP contribution < -0.4 is 5.73 Å². The Morgan fingerprint density at radius 2 is 1.80 bits per heavy atom. The van der Waals surface area contributed by atoms with Gasteiger partial charge in [-0.25, -0.2) is 9.97 Å². The SMILES string of the molecule is Cc1ncc(C(CCCCCCCN)CC(=O)O)cn1. The van der Waals surface area contributed by atoms with Crippen molar-refractivity contribution in [3.05, 3.63) is 23.8 Å². The molecule has 0 radical (unpaired) electrons. The maximum absolute atomic E-state index is 11.0. The van der Waals surface area contributed by atoms with Crippen molar-refractivity contribution in [3.8, 4) is 0 Å². The van der Waals surface area contributed by atoms with Crippen molar-refractivity contribution in [1.82, 2.24) is 9.97 Å². The Morgan fingerprint density at radius 1 is 1.20 bits per heavy atom. The van der Waals surface area contributed by atoms with E-state index in [1.165, 1.54) is 6.42 Å². The maximum Gasteiger partial charge on any atom is 0.303 e. The van der Waals surface area contributed by atoms with Gasteiger partial charge in [-0.2, -0.15) is 0 Å². The third-order valence-electron chi connectivity index (χ3n) is 3.45. The number of aromatic nitrogens is 2. The second-order valence-electron chi connectivity index (χ2n) is 5.20. The highest BCUT2D eigenvalue weighted by Gasteiger charge is 2.16. The van der Waals surface area contributed by atoms with Crippen molar-refractivity contribution >= 4 is 5.97 Å². The van der Waals surface area contributed by atoms with Crippen LogP contribution in [0.3, 0.4) is 0 Å². The van der Waals surface area contributed by atoms with Gasteiger partial charge in [0, 0.05) is 12.4 Å². The molecule has 1 heterocycles. The minimum absolute atomic E-state index is 0.0163. The van der Waals surface area contributed by atoms with Gasteiger partial charge >= 0.3 is 5.97 Å². The van der Waals surface area contributed by atoms with Crippen molar-refractivity contribution < 1.29 is 9.90 Å². The molecule has 112 valence electrons. The van der Waals surface area contributed by atoms with Crippen LogP contribution in [0.15, 0.2) is 12.4 Å². The molecular formula is C15H25N3O2. The number of carboxylic acid groups (broad SMARTS) is 1. The first-order valence-corrected chi connectivity index (χ1v) is 7.34. The predicted molar refractivity (Wildman–Crippen MR) is 78.5 cm³/mol. The molecule has 1 rings (SSSR count). The number of nitrogens with two attached hydrogens (primary N) is 1. The lowest BCUT2D eigenvalue weighted by atomic mass is 9.92. The molecule has 5 heteroatoms. The molecule has 20 heavy (non-hydrogen) atoms. The van der Waals surface area contributed by atoms with E-state index >= 15 is 0 Å². The molecule has 1 unspecified atom stereocenters. The van der Waals surface area contributed by atoms with Crippen LogP contribution in [0, 0.1) is 6.92 Å². The average molecular weight is 279 g/mol. The highest BCUT2D eigenvalue weighted by Crippen LogP contribution is 2.25. The van der Waals surface area contributed by atoms with Crippen molar-refractivity contribution in [2.75, 3.05) is 6.54 Å². The third kappa shape index (κ3) is 6.61. The maximum atomic E-state index is 11.0. The van der Waals surface area contributed by atoms with Crippen LogP contribution in [0.4, 0.5) is 0 Å². The molecular weight excluding hydrogens is 254 g/mol. The summed E-state index contributed by atoms with van der Waals surface area (Å²) in [6, 6.07) is 0. The highest BCUT2D eigenvalue weighted by atomic mass is 16.4. The quantitative estimate of drug-likeness (QED) is 0.643. The summed E-state index contributed by atoms with van der Waals surface area (Å²) < 4.78 is 0. The Bertz CT molecular complexity index is 393. The minimum atomic E-state index is -0.765. The molecule has 1 aromatic rings. The molecule has 0 aliphatic rings. The molecule has 0 spiro atoms. The Kier molecular flexibility index (Phi) is 7.80. The monoisotopic (exact) mass is 279 g/mol. The molecule has 0 saturated carbocycles. The number of nitrogens with zero attached hydrogens (tertiary/aromatic N) is 2. The first-order chi connectivity index (χ1) is 9.63. The van der Waals surface area contributed by atoms with E-state index in [0.29, 0.717) is 5.82 Å². The van der Waals surface area contributed by atoms with Gasteiger partial charge in [-0.05, 0) is 37.8 Å². The van der Waals surface area contributed by atoms with Crippen LogP contribution in [0.1, 0.15) is 62.3 Å². The van der Waals surface area contributed by atoms with Gasteiger partial charge in [-0.15, -0.1) is 0 Å². The number of hydrogen-bond donors (Lipinski definition) is 2.